The van der Waals surface area contributed by atoms with Crippen LogP contribution < -0.4 is 14.8 Å². The van der Waals surface area contributed by atoms with E-state index in [1.165, 1.54) is 29.5 Å². The van der Waals surface area contributed by atoms with Crippen LogP contribution in [0, 0.1) is 17.0 Å². The van der Waals surface area contributed by atoms with E-state index in [4.69, 9.17) is 9.47 Å². The van der Waals surface area contributed by atoms with E-state index in [0.29, 0.717) is 33.5 Å². The third-order valence-corrected chi connectivity index (χ3v) is 4.81. The number of carbonyl (C=O) groups is 1. The van der Waals surface area contributed by atoms with E-state index >= 15 is 0 Å². The van der Waals surface area contributed by atoms with Crippen LogP contribution in [0.1, 0.15) is 15.9 Å². The molecule has 4 rings (SSSR count). The van der Waals surface area contributed by atoms with Crippen LogP contribution in [0.5, 0.6) is 11.5 Å². The number of aromatic nitrogens is 1. The molecule has 0 aliphatic carbocycles. The Hall–Kier alpha value is -3.46. The van der Waals surface area contributed by atoms with Crippen LogP contribution in [-0.2, 0) is 0 Å². The van der Waals surface area contributed by atoms with Crippen LogP contribution in [0.15, 0.2) is 41.8 Å². The van der Waals surface area contributed by atoms with E-state index in [9.17, 15) is 14.9 Å². The smallest absolute Gasteiger partial charge is 0.272 e. The normalized spacial score (nSPS) is 12.0. The topological polar surface area (TPSA) is 104 Å². The van der Waals surface area contributed by atoms with Gasteiger partial charge in [0.25, 0.3) is 11.6 Å². The molecule has 1 aliphatic rings. The molecule has 0 spiro atoms. The molecule has 0 bridgehead atoms. The number of nitrogens with one attached hydrogen (secondary N) is 1. The first-order valence-corrected chi connectivity index (χ1v) is 8.81. The molecule has 1 amide bonds. The summed E-state index contributed by atoms with van der Waals surface area (Å²) < 4.78 is 10.7. The van der Waals surface area contributed by atoms with Crippen molar-refractivity contribution in [3.05, 3.63) is 63.0 Å². The number of aryl methyl sites for hydroxylation is 1. The van der Waals surface area contributed by atoms with Gasteiger partial charge in [-0.05, 0) is 37.3 Å². The Kier molecular flexibility index (Phi) is 4.21. The van der Waals surface area contributed by atoms with Crippen molar-refractivity contribution in [3.63, 3.8) is 0 Å². The van der Waals surface area contributed by atoms with E-state index < -0.39 is 4.92 Å². The number of ether oxygens (including phenoxy) is 2. The van der Waals surface area contributed by atoms with Crippen molar-refractivity contribution in [3.8, 4) is 22.8 Å². The minimum absolute atomic E-state index is 0.0223. The molecule has 3 aromatic rings. The van der Waals surface area contributed by atoms with Crippen LogP contribution >= 0.6 is 11.3 Å². The number of carbonyl (C=O) groups excluding carboxylic acids is 1. The highest BCUT2D eigenvalue weighted by Gasteiger charge is 2.17. The molecule has 8 nitrogen and oxygen atoms in total. The maximum absolute atomic E-state index is 12.4. The van der Waals surface area contributed by atoms with Gasteiger partial charge in [-0.2, -0.15) is 0 Å². The number of anilines is 1. The van der Waals surface area contributed by atoms with E-state index in [0.717, 1.165) is 5.56 Å². The Morgan fingerprint density at radius 2 is 2.04 bits per heavy atom. The second-order valence-corrected chi connectivity index (χ2v) is 6.68. The average Bonchev–Trinajstić information content (AvgIpc) is 3.29. The lowest BCUT2D eigenvalue weighted by molar-refractivity contribution is -0.385. The monoisotopic (exact) mass is 383 g/mol. The molecule has 136 valence electrons. The maximum atomic E-state index is 12.4. The second-order valence-electron chi connectivity index (χ2n) is 5.82. The quantitative estimate of drug-likeness (QED) is 0.539. The molecule has 2 heterocycles. The van der Waals surface area contributed by atoms with Gasteiger partial charge in [0.15, 0.2) is 16.6 Å². The van der Waals surface area contributed by atoms with Crippen molar-refractivity contribution >= 4 is 28.1 Å². The zero-order valence-electron chi connectivity index (χ0n) is 14.1. The van der Waals surface area contributed by atoms with Gasteiger partial charge in [0.1, 0.15) is 0 Å². The highest BCUT2D eigenvalue weighted by molar-refractivity contribution is 7.14. The molecular formula is C18H13N3O5S. The molecule has 0 saturated heterocycles. The van der Waals surface area contributed by atoms with Crippen LogP contribution in [0.25, 0.3) is 11.3 Å². The number of nitrogens with zero attached hydrogens (tertiary/aromatic N) is 2. The number of hydrogen-bond donors (Lipinski definition) is 1. The van der Waals surface area contributed by atoms with Crippen LogP contribution in [-0.4, -0.2) is 22.6 Å². The number of thiazole rings is 1. The van der Waals surface area contributed by atoms with Gasteiger partial charge in [-0.15, -0.1) is 11.3 Å². The van der Waals surface area contributed by atoms with Crippen molar-refractivity contribution in [2.24, 2.45) is 0 Å². The van der Waals surface area contributed by atoms with E-state index in [-0.39, 0.29) is 18.4 Å². The molecule has 1 aliphatic heterocycles. The molecule has 1 aromatic heterocycles. The first-order chi connectivity index (χ1) is 13.0. The Bertz CT molecular complexity index is 1060. The number of fused-ring (bicyclic) bond motifs is 1. The zero-order valence-corrected chi connectivity index (χ0v) is 14.9. The summed E-state index contributed by atoms with van der Waals surface area (Å²) in [7, 11) is 0. The van der Waals surface area contributed by atoms with Crippen LogP contribution in [0.4, 0.5) is 10.8 Å². The molecule has 27 heavy (non-hydrogen) atoms. The Labute approximate surface area is 157 Å². The Balaban J connectivity index is 1.51. The fourth-order valence-electron chi connectivity index (χ4n) is 2.69. The summed E-state index contributed by atoms with van der Waals surface area (Å²) in [5.41, 5.74) is 2.28. The third-order valence-electron chi connectivity index (χ3n) is 4.05. The standard InChI is InChI=1S/C18H13N3O5S/c1-10-6-12(2-4-14(10)21(23)24)17(22)20-18-19-13(8-27-18)11-3-5-15-16(7-11)26-9-25-15/h2-8H,9H2,1H3,(H,19,20,22). The molecular weight excluding hydrogens is 370 g/mol. The first kappa shape index (κ1) is 17.0. The average molecular weight is 383 g/mol. The molecule has 0 unspecified atom stereocenters. The fourth-order valence-corrected chi connectivity index (χ4v) is 3.41. The lowest BCUT2D eigenvalue weighted by atomic mass is 10.1. The highest BCUT2D eigenvalue weighted by atomic mass is 32.1. The van der Waals surface area contributed by atoms with Gasteiger partial charge >= 0.3 is 0 Å². The Morgan fingerprint density at radius 3 is 2.81 bits per heavy atom. The number of nitro groups is 1. The predicted octanol–water partition coefficient (Wildman–Crippen LogP) is 4.01. The van der Waals surface area contributed by atoms with Crippen molar-refractivity contribution in [2.45, 2.75) is 6.92 Å². The number of benzene rings is 2. The van der Waals surface area contributed by atoms with Gasteiger partial charge in [0.2, 0.25) is 6.79 Å². The molecule has 0 radical (unpaired) electrons. The fraction of sp³-hybridized carbons (Fsp3) is 0.111. The summed E-state index contributed by atoms with van der Waals surface area (Å²) in [4.78, 5) is 27.2. The number of hydrogen-bond acceptors (Lipinski definition) is 7. The van der Waals surface area contributed by atoms with Crippen LogP contribution in [0.3, 0.4) is 0 Å². The predicted molar refractivity (Wildman–Crippen MR) is 99.5 cm³/mol. The van der Waals surface area contributed by atoms with Gasteiger partial charge in [-0.3, -0.25) is 20.2 Å². The van der Waals surface area contributed by atoms with E-state index in [1.807, 2.05) is 23.6 Å². The van der Waals surface area contributed by atoms with Crippen molar-refractivity contribution in [2.75, 3.05) is 12.1 Å². The van der Waals surface area contributed by atoms with Gasteiger partial charge in [-0.1, -0.05) is 0 Å². The van der Waals surface area contributed by atoms with Gasteiger partial charge in [0.05, 0.1) is 10.6 Å². The molecule has 2 aromatic carbocycles. The molecule has 0 fully saturated rings. The lowest BCUT2D eigenvalue weighted by Gasteiger charge is -2.03. The molecule has 1 N–H and O–H groups in total. The van der Waals surface area contributed by atoms with Gasteiger partial charge in [0, 0.05) is 28.1 Å². The number of nitro benzene ring substituents is 1. The van der Waals surface area contributed by atoms with Gasteiger partial charge in [-0.25, -0.2) is 4.98 Å². The third kappa shape index (κ3) is 3.32. The summed E-state index contributed by atoms with van der Waals surface area (Å²) in [6, 6.07) is 9.75. The minimum atomic E-state index is -0.477. The summed E-state index contributed by atoms with van der Waals surface area (Å²) in [5, 5.41) is 15.9. The van der Waals surface area contributed by atoms with Crippen molar-refractivity contribution in [1.29, 1.82) is 0 Å². The first-order valence-electron chi connectivity index (χ1n) is 7.93. The van der Waals surface area contributed by atoms with E-state index in [1.54, 1.807) is 6.92 Å². The van der Waals surface area contributed by atoms with Gasteiger partial charge < -0.3 is 9.47 Å². The van der Waals surface area contributed by atoms with E-state index in [2.05, 4.69) is 10.3 Å². The Morgan fingerprint density at radius 1 is 1.22 bits per heavy atom. The van der Waals surface area contributed by atoms with Crippen molar-refractivity contribution < 1.29 is 19.2 Å². The molecule has 0 saturated carbocycles. The minimum Gasteiger partial charge on any atom is -0.454 e. The van der Waals surface area contributed by atoms with Crippen molar-refractivity contribution in [1.82, 2.24) is 4.98 Å². The molecule has 0 atom stereocenters. The summed E-state index contributed by atoms with van der Waals surface area (Å²) in [5.74, 6) is 0.975. The second kappa shape index (κ2) is 6.69. The maximum Gasteiger partial charge on any atom is 0.272 e. The summed E-state index contributed by atoms with van der Waals surface area (Å²) >= 11 is 1.29. The zero-order chi connectivity index (χ0) is 19.0. The largest absolute Gasteiger partial charge is 0.454 e. The highest BCUT2D eigenvalue weighted by Crippen LogP contribution is 2.36. The SMILES string of the molecule is Cc1cc(C(=O)Nc2nc(-c3ccc4c(c3)OCO4)cs2)ccc1[N+](=O)[O-]. The summed E-state index contributed by atoms with van der Waals surface area (Å²) in [6.45, 7) is 1.79. The lowest BCUT2D eigenvalue weighted by Crippen LogP contribution is -2.12. The molecule has 9 heteroatoms. The number of amides is 1. The van der Waals surface area contributed by atoms with Crippen LogP contribution in [0.2, 0.25) is 0 Å². The number of rotatable bonds is 4. The summed E-state index contributed by atoms with van der Waals surface area (Å²) in [6.07, 6.45) is 0.